The van der Waals surface area contributed by atoms with Crippen molar-refractivity contribution in [3.05, 3.63) is 34.6 Å². The van der Waals surface area contributed by atoms with Gasteiger partial charge in [0.05, 0.1) is 31.1 Å². The number of hydrogen-bond acceptors (Lipinski definition) is 7. The molecule has 0 aliphatic heterocycles. The molecule has 24 heavy (non-hydrogen) atoms. The molecule has 0 saturated heterocycles. The third-order valence-corrected chi connectivity index (χ3v) is 5.10. The van der Waals surface area contributed by atoms with Gasteiger partial charge < -0.3 is 15.2 Å². The standard InChI is InChI=1S/C16H20N4O3S/c1-3-13-15(24-20-19-13)16(22)18-14(9-4-11(21)5-9)10-6-12(23-2)8-17-7-10/h6-9,11,14,21H,3-5H2,1-2H3,(H,18,22). The Morgan fingerprint density at radius 3 is 2.96 bits per heavy atom. The normalized spacial score (nSPS) is 21.0. The number of pyridine rings is 1. The predicted octanol–water partition coefficient (Wildman–Crippen LogP) is 1.75. The molecular weight excluding hydrogens is 328 g/mol. The summed E-state index contributed by atoms with van der Waals surface area (Å²) in [7, 11) is 1.58. The first-order valence-electron chi connectivity index (χ1n) is 7.91. The fourth-order valence-electron chi connectivity index (χ4n) is 2.91. The highest BCUT2D eigenvalue weighted by atomic mass is 32.1. The highest BCUT2D eigenvalue weighted by Gasteiger charge is 2.36. The summed E-state index contributed by atoms with van der Waals surface area (Å²) in [4.78, 5) is 17.4. The van der Waals surface area contributed by atoms with Crippen LogP contribution in [-0.2, 0) is 6.42 Å². The number of hydrogen-bond donors (Lipinski definition) is 2. The zero-order chi connectivity index (χ0) is 17.1. The maximum atomic E-state index is 12.7. The number of aromatic nitrogens is 3. The second kappa shape index (κ2) is 7.23. The molecule has 0 spiro atoms. The van der Waals surface area contributed by atoms with Crippen molar-refractivity contribution in [2.24, 2.45) is 5.92 Å². The number of aryl methyl sites for hydroxylation is 1. The van der Waals surface area contributed by atoms with E-state index in [4.69, 9.17) is 4.74 Å². The Morgan fingerprint density at radius 2 is 2.29 bits per heavy atom. The SMILES string of the molecule is CCc1nnsc1C(=O)NC(c1cncc(OC)c1)C1CC(O)C1. The first-order chi connectivity index (χ1) is 11.6. The summed E-state index contributed by atoms with van der Waals surface area (Å²) in [5.74, 6) is 0.625. The largest absolute Gasteiger partial charge is 0.495 e. The number of carbonyl (C=O) groups excluding carboxylic acids is 1. The van der Waals surface area contributed by atoms with Crippen molar-refractivity contribution in [1.82, 2.24) is 19.9 Å². The lowest BCUT2D eigenvalue weighted by Gasteiger charge is -2.38. The van der Waals surface area contributed by atoms with Crippen LogP contribution in [0.1, 0.15) is 46.7 Å². The Balaban J connectivity index is 1.84. The van der Waals surface area contributed by atoms with E-state index in [0.717, 1.165) is 17.1 Å². The molecule has 1 saturated carbocycles. The van der Waals surface area contributed by atoms with Crippen LogP contribution in [0, 0.1) is 5.92 Å². The van der Waals surface area contributed by atoms with Crippen LogP contribution in [0.15, 0.2) is 18.5 Å². The summed E-state index contributed by atoms with van der Waals surface area (Å²) < 4.78 is 9.10. The number of rotatable bonds is 6. The summed E-state index contributed by atoms with van der Waals surface area (Å²) in [6, 6.07) is 1.64. The van der Waals surface area contributed by atoms with Gasteiger partial charge in [-0.05, 0) is 48.3 Å². The lowest BCUT2D eigenvalue weighted by atomic mass is 9.75. The zero-order valence-corrected chi connectivity index (χ0v) is 14.4. The monoisotopic (exact) mass is 348 g/mol. The molecular formula is C16H20N4O3S. The summed E-state index contributed by atoms with van der Waals surface area (Å²) in [5, 5.41) is 16.7. The maximum Gasteiger partial charge on any atom is 0.265 e. The molecule has 0 bridgehead atoms. The van der Waals surface area contributed by atoms with Crippen molar-refractivity contribution in [3.8, 4) is 5.75 Å². The van der Waals surface area contributed by atoms with Gasteiger partial charge in [0.2, 0.25) is 0 Å². The minimum absolute atomic E-state index is 0.170. The van der Waals surface area contributed by atoms with Crippen LogP contribution < -0.4 is 10.1 Å². The van der Waals surface area contributed by atoms with Gasteiger partial charge in [0.15, 0.2) is 0 Å². The minimum atomic E-state index is -0.302. The fraction of sp³-hybridized carbons (Fsp3) is 0.500. The number of amides is 1. The highest BCUT2D eigenvalue weighted by Crippen LogP contribution is 2.38. The molecule has 128 valence electrons. The average Bonchev–Trinajstić information content (AvgIpc) is 3.06. The number of carbonyl (C=O) groups is 1. The highest BCUT2D eigenvalue weighted by molar-refractivity contribution is 7.08. The summed E-state index contributed by atoms with van der Waals surface area (Å²) in [6.07, 6.45) is 5.02. The molecule has 1 unspecified atom stereocenters. The Hall–Kier alpha value is -2.06. The van der Waals surface area contributed by atoms with E-state index < -0.39 is 0 Å². The third kappa shape index (κ3) is 3.39. The van der Waals surface area contributed by atoms with Crippen LogP contribution in [-0.4, -0.2) is 38.8 Å². The fourth-order valence-corrected chi connectivity index (χ4v) is 3.57. The van der Waals surface area contributed by atoms with Gasteiger partial charge in [0.1, 0.15) is 10.6 Å². The lowest BCUT2D eigenvalue weighted by Crippen LogP contribution is -2.41. The topological polar surface area (TPSA) is 97.2 Å². The van der Waals surface area contributed by atoms with Crippen LogP contribution in [0.5, 0.6) is 5.75 Å². The van der Waals surface area contributed by atoms with E-state index in [1.807, 2.05) is 13.0 Å². The van der Waals surface area contributed by atoms with Gasteiger partial charge in [-0.15, -0.1) is 5.10 Å². The Labute approximate surface area is 144 Å². The summed E-state index contributed by atoms with van der Waals surface area (Å²) >= 11 is 1.10. The number of methoxy groups -OCH3 is 1. The van der Waals surface area contributed by atoms with Crippen molar-refractivity contribution in [2.75, 3.05) is 7.11 Å². The molecule has 1 amide bonds. The van der Waals surface area contributed by atoms with Gasteiger partial charge >= 0.3 is 0 Å². The van der Waals surface area contributed by atoms with Gasteiger partial charge in [0.25, 0.3) is 5.91 Å². The smallest absolute Gasteiger partial charge is 0.265 e. The van der Waals surface area contributed by atoms with Gasteiger partial charge in [-0.3, -0.25) is 9.78 Å². The van der Waals surface area contributed by atoms with Crippen molar-refractivity contribution >= 4 is 17.4 Å². The van der Waals surface area contributed by atoms with Crippen molar-refractivity contribution in [3.63, 3.8) is 0 Å². The molecule has 1 aliphatic rings. The van der Waals surface area contributed by atoms with E-state index in [1.165, 1.54) is 0 Å². The molecule has 1 fully saturated rings. The molecule has 8 heteroatoms. The summed E-state index contributed by atoms with van der Waals surface area (Å²) in [6.45, 7) is 1.94. The second-order valence-corrected chi connectivity index (χ2v) is 6.65. The van der Waals surface area contributed by atoms with Gasteiger partial charge in [-0.1, -0.05) is 11.4 Å². The molecule has 3 rings (SSSR count). The Morgan fingerprint density at radius 1 is 1.50 bits per heavy atom. The van der Waals surface area contributed by atoms with Crippen LogP contribution >= 0.6 is 11.5 Å². The number of aliphatic hydroxyl groups is 1. The number of nitrogens with zero attached hydrogens (tertiary/aromatic N) is 3. The molecule has 2 heterocycles. The van der Waals surface area contributed by atoms with Crippen molar-refractivity contribution in [1.29, 1.82) is 0 Å². The van der Waals surface area contributed by atoms with Gasteiger partial charge in [-0.2, -0.15) is 0 Å². The molecule has 0 radical (unpaired) electrons. The zero-order valence-electron chi connectivity index (χ0n) is 13.6. The predicted molar refractivity (Wildman–Crippen MR) is 89.0 cm³/mol. The number of nitrogens with one attached hydrogen (secondary N) is 1. The van der Waals surface area contributed by atoms with Crippen LogP contribution in [0.2, 0.25) is 0 Å². The molecule has 1 atom stereocenters. The second-order valence-electron chi connectivity index (χ2n) is 5.90. The lowest BCUT2D eigenvalue weighted by molar-refractivity contribution is 0.0235. The van der Waals surface area contributed by atoms with Crippen molar-refractivity contribution in [2.45, 2.75) is 38.3 Å². The van der Waals surface area contributed by atoms with E-state index >= 15 is 0 Å². The van der Waals surface area contributed by atoms with E-state index in [0.29, 0.717) is 35.6 Å². The molecule has 0 aromatic carbocycles. The third-order valence-electron chi connectivity index (χ3n) is 4.33. The van der Waals surface area contributed by atoms with E-state index in [1.54, 1.807) is 19.5 Å². The van der Waals surface area contributed by atoms with Gasteiger partial charge in [0, 0.05) is 6.20 Å². The molecule has 7 nitrogen and oxygen atoms in total. The number of aliphatic hydroxyl groups excluding tert-OH is 1. The van der Waals surface area contributed by atoms with Crippen LogP contribution in [0.4, 0.5) is 0 Å². The first-order valence-corrected chi connectivity index (χ1v) is 8.68. The minimum Gasteiger partial charge on any atom is -0.495 e. The molecule has 2 aromatic rings. The van der Waals surface area contributed by atoms with Crippen molar-refractivity contribution < 1.29 is 14.6 Å². The average molecular weight is 348 g/mol. The quantitative estimate of drug-likeness (QED) is 0.825. The van der Waals surface area contributed by atoms with E-state index in [-0.39, 0.29) is 24.0 Å². The molecule has 2 N–H and O–H groups in total. The molecule has 2 aromatic heterocycles. The first kappa shape index (κ1) is 16.8. The van der Waals surface area contributed by atoms with Gasteiger partial charge in [-0.25, -0.2) is 0 Å². The summed E-state index contributed by atoms with van der Waals surface area (Å²) in [5.41, 5.74) is 1.57. The Bertz CT molecular complexity index is 715. The maximum absolute atomic E-state index is 12.7. The Kier molecular flexibility index (Phi) is 5.06. The van der Waals surface area contributed by atoms with Crippen LogP contribution in [0.3, 0.4) is 0 Å². The molecule has 1 aliphatic carbocycles. The van der Waals surface area contributed by atoms with E-state index in [9.17, 15) is 9.90 Å². The van der Waals surface area contributed by atoms with E-state index in [2.05, 4.69) is 19.9 Å². The number of ether oxygens (including phenoxy) is 1. The van der Waals surface area contributed by atoms with Crippen LogP contribution in [0.25, 0.3) is 0 Å².